The number of hydrogen-bond acceptors (Lipinski definition) is 3. The van der Waals surface area contributed by atoms with E-state index < -0.39 is 6.09 Å². The van der Waals surface area contributed by atoms with E-state index in [0.29, 0.717) is 0 Å². The smallest absolute Gasteiger partial charge is 0.405 e. The third kappa shape index (κ3) is 6.48. The largest absolute Gasteiger partial charge is 0.441 e. The minimum Gasteiger partial charge on any atom is -0.441 e. The van der Waals surface area contributed by atoms with Gasteiger partial charge in [-0.25, -0.2) is 4.79 Å². The number of aryl methyl sites for hydroxylation is 1. The molecule has 4 nitrogen and oxygen atoms in total. The number of carbonyl (C=O) groups excluding carboxylic acids is 1. The third-order valence-corrected chi connectivity index (χ3v) is 3.78. The number of carbonyl (C=O) groups is 1. The highest BCUT2D eigenvalue weighted by molar-refractivity contribution is 5.65. The van der Waals surface area contributed by atoms with Crippen LogP contribution in [0.4, 0.5) is 4.79 Å². The van der Waals surface area contributed by atoms with Crippen LogP contribution < -0.4 is 5.73 Å². The van der Waals surface area contributed by atoms with Gasteiger partial charge in [0.15, 0.2) is 0 Å². The number of ether oxygens (including phenoxy) is 1. The van der Waals surface area contributed by atoms with Crippen LogP contribution in [-0.4, -0.2) is 30.6 Å². The Morgan fingerprint density at radius 3 is 2.41 bits per heavy atom. The molecule has 1 rings (SSSR count). The molecular weight excluding hydrogens is 276 g/mol. The summed E-state index contributed by atoms with van der Waals surface area (Å²) in [6, 6.07) is 8.22. The third-order valence-electron chi connectivity index (χ3n) is 3.78. The van der Waals surface area contributed by atoms with E-state index in [2.05, 4.69) is 37.8 Å². The van der Waals surface area contributed by atoms with Gasteiger partial charge in [0.1, 0.15) is 6.10 Å². The average molecular weight is 306 g/mol. The number of rotatable bonds is 10. The zero-order valence-electron chi connectivity index (χ0n) is 14.2. The van der Waals surface area contributed by atoms with Crippen molar-refractivity contribution in [3.63, 3.8) is 0 Å². The average Bonchev–Trinajstić information content (AvgIpc) is 2.51. The van der Waals surface area contributed by atoms with Crippen molar-refractivity contribution in [1.82, 2.24) is 4.90 Å². The molecule has 0 fully saturated rings. The molecule has 0 saturated heterocycles. The molecule has 0 heterocycles. The fraction of sp³-hybridized carbons (Fsp3) is 0.611. The monoisotopic (exact) mass is 306 g/mol. The lowest BCUT2D eigenvalue weighted by molar-refractivity contribution is 0.0917. The molecule has 0 saturated carbocycles. The Labute approximate surface area is 134 Å². The van der Waals surface area contributed by atoms with E-state index in [4.69, 9.17) is 10.5 Å². The van der Waals surface area contributed by atoms with Crippen molar-refractivity contribution in [3.8, 4) is 0 Å². The Balaban J connectivity index is 2.76. The molecule has 2 N–H and O–H groups in total. The SMILES string of the molecule is CCCN(CCC)CCC(OC(N)=O)c1cccc(CC)c1. The molecule has 0 radical (unpaired) electrons. The highest BCUT2D eigenvalue weighted by Gasteiger charge is 2.17. The van der Waals surface area contributed by atoms with E-state index in [1.165, 1.54) is 5.56 Å². The number of benzene rings is 1. The molecule has 1 aromatic rings. The van der Waals surface area contributed by atoms with Crippen LogP contribution in [0.15, 0.2) is 24.3 Å². The summed E-state index contributed by atoms with van der Waals surface area (Å²) in [7, 11) is 0. The van der Waals surface area contributed by atoms with Crippen LogP contribution in [0, 0.1) is 0 Å². The van der Waals surface area contributed by atoms with Crippen LogP contribution in [0.5, 0.6) is 0 Å². The van der Waals surface area contributed by atoms with E-state index in [0.717, 1.165) is 50.9 Å². The number of hydrogen-bond donors (Lipinski definition) is 1. The molecule has 0 spiro atoms. The quantitative estimate of drug-likeness (QED) is 0.713. The van der Waals surface area contributed by atoms with Gasteiger partial charge in [-0.1, -0.05) is 45.0 Å². The van der Waals surface area contributed by atoms with E-state index in [-0.39, 0.29) is 6.10 Å². The van der Waals surface area contributed by atoms with Crippen molar-refractivity contribution in [1.29, 1.82) is 0 Å². The second kappa shape index (κ2) is 10.2. The zero-order valence-corrected chi connectivity index (χ0v) is 14.2. The number of primary amides is 1. The molecule has 4 heteroatoms. The number of nitrogens with two attached hydrogens (primary N) is 1. The summed E-state index contributed by atoms with van der Waals surface area (Å²) >= 11 is 0. The standard InChI is InChI=1S/C18H30N2O2/c1-4-11-20(12-5-2)13-10-17(22-18(19)21)16-9-7-8-15(6-3)14-16/h7-9,14,17H,4-6,10-13H2,1-3H3,(H2,19,21). The Bertz CT molecular complexity index is 442. The van der Waals surface area contributed by atoms with Gasteiger partial charge < -0.3 is 15.4 Å². The van der Waals surface area contributed by atoms with Crippen molar-refractivity contribution in [2.45, 2.75) is 52.6 Å². The topological polar surface area (TPSA) is 55.6 Å². The second-order valence-corrected chi connectivity index (χ2v) is 5.65. The van der Waals surface area contributed by atoms with Crippen LogP contribution in [0.2, 0.25) is 0 Å². The van der Waals surface area contributed by atoms with Crippen LogP contribution in [0.25, 0.3) is 0 Å². The minimum atomic E-state index is -0.704. The molecule has 22 heavy (non-hydrogen) atoms. The molecule has 0 bridgehead atoms. The first-order chi connectivity index (χ1) is 10.6. The fourth-order valence-corrected chi connectivity index (χ4v) is 2.71. The van der Waals surface area contributed by atoms with Gasteiger partial charge in [0.25, 0.3) is 0 Å². The minimum absolute atomic E-state index is 0.264. The summed E-state index contributed by atoms with van der Waals surface area (Å²) in [5.74, 6) is 0. The van der Waals surface area contributed by atoms with Gasteiger partial charge in [0.2, 0.25) is 0 Å². The van der Waals surface area contributed by atoms with Gasteiger partial charge in [-0.3, -0.25) is 0 Å². The van der Waals surface area contributed by atoms with E-state index in [9.17, 15) is 4.79 Å². The van der Waals surface area contributed by atoms with E-state index in [1.807, 2.05) is 12.1 Å². The summed E-state index contributed by atoms with van der Waals surface area (Å²) in [5, 5.41) is 0. The summed E-state index contributed by atoms with van der Waals surface area (Å²) in [5.41, 5.74) is 7.53. The maximum atomic E-state index is 11.2. The van der Waals surface area contributed by atoms with Crippen molar-refractivity contribution in [2.75, 3.05) is 19.6 Å². The van der Waals surface area contributed by atoms with Gasteiger partial charge in [-0.2, -0.15) is 0 Å². The molecule has 1 unspecified atom stereocenters. The first-order valence-corrected chi connectivity index (χ1v) is 8.37. The Morgan fingerprint density at radius 2 is 1.86 bits per heavy atom. The van der Waals surface area contributed by atoms with Crippen LogP contribution in [0.1, 0.15) is 57.3 Å². The van der Waals surface area contributed by atoms with Gasteiger partial charge in [0.05, 0.1) is 0 Å². The Kier molecular flexibility index (Phi) is 8.60. The molecule has 0 aliphatic heterocycles. The van der Waals surface area contributed by atoms with Crippen molar-refractivity contribution in [2.24, 2.45) is 5.73 Å². The lowest BCUT2D eigenvalue weighted by Crippen LogP contribution is -2.29. The fourth-order valence-electron chi connectivity index (χ4n) is 2.71. The van der Waals surface area contributed by atoms with E-state index >= 15 is 0 Å². The van der Waals surface area contributed by atoms with Gasteiger partial charge in [0, 0.05) is 13.0 Å². The van der Waals surface area contributed by atoms with Crippen LogP contribution >= 0.6 is 0 Å². The summed E-state index contributed by atoms with van der Waals surface area (Å²) in [6.07, 6.45) is 3.04. The Morgan fingerprint density at radius 1 is 1.18 bits per heavy atom. The number of nitrogens with zero attached hydrogens (tertiary/aromatic N) is 1. The van der Waals surface area contributed by atoms with Crippen molar-refractivity contribution < 1.29 is 9.53 Å². The second-order valence-electron chi connectivity index (χ2n) is 5.65. The maximum absolute atomic E-state index is 11.2. The van der Waals surface area contributed by atoms with Crippen molar-refractivity contribution >= 4 is 6.09 Å². The first kappa shape index (κ1) is 18.5. The normalized spacial score (nSPS) is 12.4. The lowest BCUT2D eigenvalue weighted by Gasteiger charge is -2.24. The highest BCUT2D eigenvalue weighted by atomic mass is 16.6. The first-order valence-electron chi connectivity index (χ1n) is 8.37. The van der Waals surface area contributed by atoms with Gasteiger partial charge >= 0.3 is 6.09 Å². The Hall–Kier alpha value is -1.55. The molecule has 1 aromatic carbocycles. The molecule has 0 aliphatic rings. The van der Waals surface area contributed by atoms with Gasteiger partial charge in [-0.15, -0.1) is 0 Å². The maximum Gasteiger partial charge on any atom is 0.405 e. The lowest BCUT2D eigenvalue weighted by atomic mass is 10.0. The molecule has 0 aromatic heterocycles. The predicted molar refractivity (Wildman–Crippen MR) is 90.9 cm³/mol. The zero-order chi connectivity index (χ0) is 16.4. The molecule has 1 atom stereocenters. The predicted octanol–water partition coefficient (Wildman–Crippen LogP) is 3.90. The molecular formula is C18H30N2O2. The molecule has 124 valence electrons. The van der Waals surface area contributed by atoms with E-state index in [1.54, 1.807) is 0 Å². The van der Waals surface area contributed by atoms with Crippen molar-refractivity contribution in [3.05, 3.63) is 35.4 Å². The van der Waals surface area contributed by atoms with Crippen LogP contribution in [-0.2, 0) is 11.2 Å². The highest BCUT2D eigenvalue weighted by Crippen LogP contribution is 2.23. The summed E-state index contributed by atoms with van der Waals surface area (Å²) in [6.45, 7) is 9.55. The molecule has 0 aliphatic carbocycles. The number of amides is 1. The van der Waals surface area contributed by atoms with Crippen LogP contribution in [0.3, 0.4) is 0 Å². The summed E-state index contributed by atoms with van der Waals surface area (Å²) < 4.78 is 5.35. The molecule has 1 amide bonds. The van der Waals surface area contributed by atoms with Gasteiger partial charge in [-0.05, 0) is 43.5 Å². The summed E-state index contributed by atoms with van der Waals surface area (Å²) in [4.78, 5) is 13.6.